The van der Waals surface area contributed by atoms with E-state index in [1.165, 1.54) is 0 Å². The summed E-state index contributed by atoms with van der Waals surface area (Å²) < 4.78 is 39.4. The van der Waals surface area contributed by atoms with Crippen LogP contribution in [0.3, 0.4) is 0 Å². The second kappa shape index (κ2) is 8.95. The van der Waals surface area contributed by atoms with Crippen molar-refractivity contribution in [2.24, 2.45) is 56.7 Å². The maximum atomic E-state index is 13.7. The summed E-state index contributed by atoms with van der Waals surface area (Å²) in [6.07, 6.45) is 4.01. The minimum Gasteiger partial charge on any atom is -0.346 e. The first kappa shape index (κ1) is 29.4. The zero-order valence-corrected chi connectivity index (χ0v) is 24.9. The molecule has 5 aliphatic rings. The molecule has 220 valence electrons. The van der Waals surface area contributed by atoms with Crippen molar-refractivity contribution in [2.45, 2.75) is 99.1 Å². The molecule has 0 aromatic rings. The van der Waals surface area contributed by atoms with Crippen LogP contribution in [0.25, 0.3) is 0 Å². The van der Waals surface area contributed by atoms with Gasteiger partial charge in [0.1, 0.15) is 12.6 Å². The Morgan fingerprint density at radius 2 is 1.70 bits per heavy atom. The maximum absolute atomic E-state index is 13.7. The summed E-state index contributed by atoms with van der Waals surface area (Å²) in [4.78, 5) is 26.9. The summed E-state index contributed by atoms with van der Waals surface area (Å²) >= 11 is 0. The van der Waals surface area contributed by atoms with Crippen LogP contribution in [-0.2, 0) is 9.59 Å². The Balaban J connectivity index is 1.56. The fraction of sp³-hybridized carbons (Fsp3) is 0.788. The lowest BCUT2D eigenvalue weighted by atomic mass is 9.32. The number of amides is 1. The number of alkyl halides is 3. The van der Waals surface area contributed by atoms with Crippen LogP contribution in [0, 0.1) is 68.0 Å². The van der Waals surface area contributed by atoms with Crippen molar-refractivity contribution in [1.82, 2.24) is 5.32 Å². The molecule has 40 heavy (non-hydrogen) atoms. The van der Waals surface area contributed by atoms with Gasteiger partial charge in [0.2, 0.25) is 5.91 Å². The topological polar surface area (TPSA) is 70.0 Å². The third-order valence-corrected chi connectivity index (χ3v) is 13.4. The number of carbonyl (C=O) groups excluding carboxylic acids is 2. The van der Waals surface area contributed by atoms with E-state index in [9.17, 15) is 28.0 Å². The van der Waals surface area contributed by atoms with Gasteiger partial charge in [0.25, 0.3) is 0 Å². The van der Waals surface area contributed by atoms with E-state index in [2.05, 4.69) is 38.7 Å². The van der Waals surface area contributed by atoms with Crippen molar-refractivity contribution in [3.63, 3.8) is 0 Å². The van der Waals surface area contributed by atoms with Crippen LogP contribution < -0.4 is 5.32 Å². The van der Waals surface area contributed by atoms with Gasteiger partial charge in [-0.1, -0.05) is 52.8 Å². The third-order valence-electron chi connectivity index (χ3n) is 13.4. The molecule has 5 rings (SSSR count). The minimum absolute atomic E-state index is 0.0325. The lowest BCUT2D eigenvalue weighted by Gasteiger charge is -2.71. The Labute approximate surface area is 237 Å². The smallest absolute Gasteiger partial charge is 0.346 e. The van der Waals surface area contributed by atoms with E-state index >= 15 is 0 Å². The number of nitrogens with one attached hydrogen (secondary N) is 1. The first-order chi connectivity index (χ1) is 18.4. The largest absolute Gasteiger partial charge is 0.405 e. The summed E-state index contributed by atoms with van der Waals surface area (Å²) in [6.45, 7) is 16.1. The molecule has 0 aromatic heterocycles. The van der Waals surface area contributed by atoms with E-state index in [1.54, 1.807) is 0 Å². The maximum Gasteiger partial charge on any atom is 0.405 e. The number of fused-ring (bicyclic) bond motifs is 7. The number of hydrogen-bond donors (Lipinski definition) is 1. The molecular formula is C33H45F3N2O2. The number of ketones is 1. The highest BCUT2D eigenvalue weighted by atomic mass is 19.4. The average molecular weight is 559 g/mol. The van der Waals surface area contributed by atoms with Crippen LogP contribution in [0.1, 0.15) is 92.9 Å². The van der Waals surface area contributed by atoms with Gasteiger partial charge in [-0.25, -0.2) is 0 Å². The highest BCUT2D eigenvalue weighted by molar-refractivity contribution is 6.04. The van der Waals surface area contributed by atoms with Crippen LogP contribution in [0.2, 0.25) is 0 Å². The highest BCUT2D eigenvalue weighted by Gasteiger charge is 2.72. The number of Topliss-reactive ketones (excluding diaryl/α,β-unsaturated/α-hetero) is 1. The molecule has 5 aliphatic carbocycles. The van der Waals surface area contributed by atoms with Gasteiger partial charge >= 0.3 is 6.18 Å². The fourth-order valence-corrected chi connectivity index (χ4v) is 11.5. The summed E-state index contributed by atoms with van der Waals surface area (Å²) in [5, 5.41) is 12.2. The molecule has 0 spiro atoms. The standard InChI is InChI=1S/C33H45F3N2O2/c1-19(2)21-10-13-32(27(40)38-18-33(34,35)36)15-14-30(6)22(25(21)32)8-9-24-29(5)16-20(17-37)26(39)28(3,4)23(29)11-12-31(24,30)7/h16,21-25H,1,8-15,18H2,2-7H3,(H,38,40)/t21-,22?,23?,24+,25?,29-,30+,31+,32-/m0/s1. The normalized spacial score (nSPS) is 45.6. The third kappa shape index (κ3) is 3.76. The Hall–Kier alpha value is -2.10. The van der Waals surface area contributed by atoms with Crippen LogP contribution >= 0.6 is 0 Å². The van der Waals surface area contributed by atoms with Crippen molar-refractivity contribution in [2.75, 3.05) is 6.54 Å². The Kier molecular flexibility index (Phi) is 6.58. The van der Waals surface area contributed by atoms with Crippen LogP contribution in [0.5, 0.6) is 0 Å². The Bertz CT molecular complexity index is 1210. The number of nitrogens with zero attached hydrogens (tertiary/aromatic N) is 1. The van der Waals surface area contributed by atoms with E-state index in [0.717, 1.165) is 44.1 Å². The molecule has 4 fully saturated rings. The summed E-state index contributed by atoms with van der Waals surface area (Å²) in [5.74, 6) is 0.210. The summed E-state index contributed by atoms with van der Waals surface area (Å²) in [6, 6.07) is 2.21. The first-order valence-corrected chi connectivity index (χ1v) is 15.1. The second-order valence-corrected chi connectivity index (χ2v) is 15.2. The van der Waals surface area contributed by atoms with Gasteiger partial charge in [-0.3, -0.25) is 9.59 Å². The number of carbonyl (C=O) groups is 2. The Morgan fingerprint density at radius 3 is 2.30 bits per heavy atom. The van der Waals surface area contributed by atoms with Crippen molar-refractivity contribution >= 4 is 11.7 Å². The number of rotatable bonds is 3. The summed E-state index contributed by atoms with van der Waals surface area (Å²) in [7, 11) is 0. The SMILES string of the molecule is C=C(C)[C@@H]1CC[C@]2(C(=O)NCC(F)(F)F)CC[C@]3(C)C(CC[C@@H]4[C@@]5(C)C=C(C#N)C(=O)C(C)(C)C5CC[C@]43C)C12. The molecule has 0 aromatic carbocycles. The molecule has 0 heterocycles. The van der Waals surface area contributed by atoms with E-state index in [4.69, 9.17) is 0 Å². The van der Waals surface area contributed by atoms with Crippen molar-refractivity contribution in [3.05, 3.63) is 23.8 Å². The van der Waals surface area contributed by atoms with Crippen molar-refractivity contribution in [1.29, 1.82) is 5.26 Å². The van der Waals surface area contributed by atoms with Gasteiger partial charge in [-0.15, -0.1) is 0 Å². The lowest BCUT2D eigenvalue weighted by molar-refractivity contribution is -0.218. The predicted octanol–water partition coefficient (Wildman–Crippen LogP) is 7.56. The van der Waals surface area contributed by atoms with Gasteiger partial charge in [-0.05, 0) is 104 Å². The molecule has 4 nitrogen and oxygen atoms in total. The van der Waals surface area contributed by atoms with Crippen molar-refractivity contribution in [3.8, 4) is 6.07 Å². The molecule has 0 bridgehead atoms. The highest BCUT2D eigenvalue weighted by Crippen LogP contribution is 2.77. The van der Waals surface area contributed by atoms with E-state index in [1.807, 2.05) is 26.8 Å². The number of hydrogen-bond acceptors (Lipinski definition) is 3. The number of allylic oxidation sites excluding steroid dienone is 3. The monoisotopic (exact) mass is 558 g/mol. The molecule has 0 aliphatic heterocycles. The van der Waals surface area contributed by atoms with Crippen LogP contribution in [0.15, 0.2) is 23.8 Å². The second-order valence-electron chi connectivity index (χ2n) is 15.2. The quantitative estimate of drug-likeness (QED) is 0.364. The molecule has 7 heteroatoms. The predicted molar refractivity (Wildman–Crippen MR) is 148 cm³/mol. The van der Waals surface area contributed by atoms with Gasteiger partial charge in [-0.2, -0.15) is 18.4 Å². The van der Waals surface area contributed by atoms with E-state index in [0.29, 0.717) is 12.8 Å². The fourth-order valence-electron chi connectivity index (χ4n) is 11.5. The van der Waals surface area contributed by atoms with Crippen molar-refractivity contribution < 1.29 is 22.8 Å². The van der Waals surface area contributed by atoms with E-state index < -0.39 is 29.5 Å². The van der Waals surface area contributed by atoms with Gasteiger partial charge in [0.15, 0.2) is 5.78 Å². The average Bonchev–Trinajstić information content (AvgIpc) is 3.26. The van der Waals surface area contributed by atoms with Gasteiger partial charge in [0.05, 0.1) is 11.0 Å². The molecule has 4 saturated carbocycles. The molecule has 3 unspecified atom stereocenters. The zero-order valence-electron chi connectivity index (χ0n) is 24.9. The first-order valence-electron chi connectivity index (χ1n) is 15.1. The van der Waals surface area contributed by atoms with Crippen LogP contribution in [0.4, 0.5) is 13.2 Å². The zero-order chi connectivity index (χ0) is 29.7. The molecule has 1 amide bonds. The molecule has 9 atom stereocenters. The number of nitriles is 1. The molecule has 0 saturated heterocycles. The number of halogens is 3. The minimum atomic E-state index is -4.44. The summed E-state index contributed by atoms with van der Waals surface area (Å²) in [5.41, 5.74) is -0.609. The molecule has 1 N–H and O–H groups in total. The molecule has 0 radical (unpaired) electrons. The Morgan fingerprint density at radius 1 is 1.02 bits per heavy atom. The molecular weight excluding hydrogens is 513 g/mol. The van der Waals surface area contributed by atoms with E-state index in [-0.39, 0.29) is 57.2 Å². The van der Waals surface area contributed by atoms with Gasteiger partial charge in [0, 0.05) is 5.41 Å². The lowest BCUT2D eigenvalue weighted by Crippen LogP contribution is -2.66. The van der Waals surface area contributed by atoms with Gasteiger partial charge < -0.3 is 5.32 Å². The van der Waals surface area contributed by atoms with Crippen LogP contribution in [-0.4, -0.2) is 24.4 Å².